The largest absolute Gasteiger partial charge is 0.398 e. The van der Waals surface area contributed by atoms with Crippen LogP contribution >= 0.6 is 0 Å². The van der Waals surface area contributed by atoms with Gasteiger partial charge in [-0.2, -0.15) is 0 Å². The van der Waals surface area contributed by atoms with Crippen molar-refractivity contribution in [3.05, 3.63) is 23.8 Å². The van der Waals surface area contributed by atoms with E-state index in [1.165, 1.54) is 0 Å². The van der Waals surface area contributed by atoms with Gasteiger partial charge in [-0.1, -0.05) is 26.8 Å². The zero-order valence-electron chi connectivity index (χ0n) is 11.2. The molecule has 1 rings (SSSR count). The quantitative estimate of drug-likeness (QED) is 0.834. The van der Waals surface area contributed by atoms with Crippen molar-refractivity contribution in [2.24, 2.45) is 5.41 Å². The summed E-state index contributed by atoms with van der Waals surface area (Å²) >= 11 is 0. The second-order valence-electron chi connectivity index (χ2n) is 5.68. The van der Waals surface area contributed by atoms with Crippen LogP contribution in [0.3, 0.4) is 0 Å². The van der Waals surface area contributed by atoms with Gasteiger partial charge in [0, 0.05) is 16.3 Å². The van der Waals surface area contributed by atoms with Crippen LogP contribution in [0.25, 0.3) is 0 Å². The number of nitrogens with two attached hydrogens (primary N) is 1. The van der Waals surface area contributed by atoms with Crippen molar-refractivity contribution in [3.63, 3.8) is 0 Å². The maximum atomic E-state index is 12.2. The van der Waals surface area contributed by atoms with Crippen LogP contribution in [0.2, 0.25) is 0 Å². The molecule has 1 aromatic rings. The van der Waals surface area contributed by atoms with Crippen LogP contribution in [0, 0.1) is 12.3 Å². The third-order valence-electron chi connectivity index (χ3n) is 2.83. The minimum atomic E-state index is -0.920. The lowest BCUT2D eigenvalue weighted by Gasteiger charge is -2.17. The molecule has 0 fully saturated rings. The standard InChI is InChI=1S/C14H23NOS/c1-11-12(15)7-5-8-13(11)17(16)10-6-9-14(2,3)4/h5,7-8H,6,9-10,15H2,1-4H3. The van der Waals surface area contributed by atoms with Gasteiger partial charge in [0.2, 0.25) is 0 Å². The van der Waals surface area contributed by atoms with Crippen molar-refractivity contribution in [2.45, 2.75) is 45.4 Å². The van der Waals surface area contributed by atoms with E-state index in [1.54, 1.807) is 0 Å². The highest BCUT2D eigenvalue weighted by Gasteiger charge is 2.13. The summed E-state index contributed by atoms with van der Waals surface area (Å²) in [6.45, 7) is 8.57. The molecule has 0 amide bonds. The molecule has 0 bridgehead atoms. The highest BCUT2D eigenvalue weighted by Crippen LogP contribution is 2.23. The van der Waals surface area contributed by atoms with Crippen molar-refractivity contribution in [1.82, 2.24) is 0 Å². The molecule has 3 heteroatoms. The second-order valence-corrected chi connectivity index (χ2v) is 7.22. The molecular weight excluding hydrogens is 230 g/mol. The predicted octanol–water partition coefficient (Wildman–Crippen LogP) is 3.51. The van der Waals surface area contributed by atoms with Crippen molar-refractivity contribution < 1.29 is 4.21 Å². The molecule has 0 saturated heterocycles. The van der Waals surface area contributed by atoms with Gasteiger partial charge in [-0.25, -0.2) is 0 Å². The van der Waals surface area contributed by atoms with Crippen molar-refractivity contribution in [1.29, 1.82) is 0 Å². The minimum Gasteiger partial charge on any atom is -0.398 e. The number of nitrogen functional groups attached to an aromatic ring is 1. The molecule has 0 aliphatic carbocycles. The lowest BCUT2D eigenvalue weighted by atomic mass is 9.91. The first-order chi connectivity index (χ1) is 7.81. The molecule has 0 spiro atoms. The lowest BCUT2D eigenvalue weighted by Crippen LogP contribution is -2.08. The SMILES string of the molecule is Cc1c(N)cccc1S(=O)CCCC(C)(C)C. The first-order valence-electron chi connectivity index (χ1n) is 6.05. The van der Waals surface area contributed by atoms with Crippen LogP contribution in [-0.2, 0) is 10.8 Å². The topological polar surface area (TPSA) is 43.1 Å². The Labute approximate surface area is 107 Å². The van der Waals surface area contributed by atoms with Crippen molar-refractivity contribution in [2.75, 3.05) is 11.5 Å². The van der Waals surface area contributed by atoms with Crippen molar-refractivity contribution in [3.8, 4) is 0 Å². The average Bonchev–Trinajstić information content (AvgIpc) is 2.20. The first-order valence-corrected chi connectivity index (χ1v) is 7.36. The van der Waals surface area contributed by atoms with Crippen LogP contribution in [0.15, 0.2) is 23.1 Å². The predicted molar refractivity (Wildman–Crippen MR) is 75.6 cm³/mol. The summed E-state index contributed by atoms with van der Waals surface area (Å²) in [4.78, 5) is 0.888. The summed E-state index contributed by atoms with van der Waals surface area (Å²) in [5, 5.41) is 0. The molecule has 1 atom stereocenters. The summed E-state index contributed by atoms with van der Waals surface area (Å²) in [6, 6.07) is 5.64. The number of benzene rings is 1. The number of hydrogen-bond donors (Lipinski definition) is 1. The highest BCUT2D eigenvalue weighted by atomic mass is 32.2. The zero-order chi connectivity index (χ0) is 13.1. The molecule has 0 saturated carbocycles. The Morgan fingerprint density at radius 3 is 2.53 bits per heavy atom. The van der Waals surface area contributed by atoms with E-state index >= 15 is 0 Å². The number of rotatable bonds is 4. The lowest BCUT2D eigenvalue weighted by molar-refractivity contribution is 0.374. The van der Waals surface area contributed by atoms with E-state index in [2.05, 4.69) is 20.8 Å². The fraction of sp³-hybridized carbons (Fsp3) is 0.571. The van der Waals surface area contributed by atoms with Gasteiger partial charge in [0.1, 0.15) is 0 Å². The van der Waals surface area contributed by atoms with E-state index in [9.17, 15) is 4.21 Å². The fourth-order valence-corrected chi connectivity index (χ4v) is 3.04. The molecule has 0 heterocycles. The van der Waals surface area contributed by atoms with Crippen LogP contribution in [0.4, 0.5) is 5.69 Å². The van der Waals surface area contributed by atoms with E-state index in [0.29, 0.717) is 5.41 Å². The monoisotopic (exact) mass is 253 g/mol. The molecule has 0 aliphatic heterocycles. The Balaban J connectivity index is 2.62. The Morgan fingerprint density at radius 2 is 1.94 bits per heavy atom. The van der Waals surface area contributed by atoms with Gasteiger partial charge < -0.3 is 5.73 Å². The fourth-order valence-electron chi connectivity index (χ4n) is 1.72. The number of anilines is 1. The van der Waals surface area contributed by atoms with Gasteiger partial charge in [0.15, 0.2) is 0 Å². The van der Waals surface area contributed by atoms with E-state index in [1.807, 2.05) is 25.1 Å². The van der Waals surface area contributed by atoms with E-state index in [0.717, 1.165) is 34.7 Å². The summed E-state index contributed by atoms with van der Waals surface area (Å²) in [7, 11) is -0.920. The molecule has 1 aromatic carbocycles. The first kappa shape index (κ1) is 14.2. The molecule has 17 heavy (non-hydrogen) atoms. The Bertz CT molecular complexity index is 407. The Hall–Kier alpha value is -0.830. The third-order valence-corrected chi connectivity index (χ3v) is 4.42. The van der Waals surface area contributed by atoms with Gasteiger partial charge in [0.05, 0.1) is 10.8 Å². The molecule has 2 N–H and O–H groups in total. The highest BCUT2D eigenvalue weighted by molar-refractivity contribution is 7.85. The van der Waals surface area contributed by atoms with Crippen LogP contribution < -0.4 is 5.73 Å². The average molecular weight is 253 g/mol. The summed E-state index contributed by atoms with van der Waals surface area (Å²) < 4.78 is 12.2. The molecule has 0 radical (unpaired) electrons. The van der Waals surface area contributed by atoms with Crippen LogP contribution in [0.5, 0.6) is 0 Å². The molecular formula is C14H23NOS. The Kier molecular flexibility index (Phi) is 4.75. The molecule has 0 aliphatic rings. The van der Waals surface area contributed by atoms with Crippen LogP contribution in [-0.4, -0.2) is 9.96 Å². The number of hydrogen-bond acceptors (Lipinski definition) is 2. The van der Waals surface area contributed by atoms with Gasteiger partial charge in [-0.05, 0) is 42.9 Å². The van der Waals surface area contributed by atoms with Gasteiger partial charge in [-0.15, -0.1) is 0 Å². The van der Waals surface area contributed by atoms with Crippen LogP contribution in [0.1, 0.15) is 39.2 Å². The van der Waals surface area contributed by atoms with Gasteiger partial charge in [0.25, 0.3) is 0 Å². The minimum absolute atomic E-state index is 0.314. The smallest absolute Gasteiger partial charge is 0.0532 e. The second kappa shape index (κ2) is 5.67. The zero-order valence-corrected chi connectivity index (χ0v) is 12.1. The molecule has 96 valence electrons. The molecule has 0 aromatic heterocycles. The van der Waals surface area contributed by atoms with E-state index < -0.39 is 10.8 Å². The van der Waals surface area contributed by atoms with Crippen molar-refractivity contribution >= 4 is 16.5 Å². The summed E-state index contributed by atoms with van der Waals surface area (Å²) in [6.07, 6.45) is 2.09. The van der Waals surface area contributed by atoms with E-state index in [-0.39, 0.29) is 0 Å². The Morgan fingerprint density at radius 1 is 1.29 bits per heavy atom. The third kappa shape index (κ3) is 4.50. The summed E-state index contributed by atoms with van der Waals surface area (Å²) in [5.74, 6) is 0.724. The molecule has 2 nitrogen and oxygen atoms in total. The van der Waals surface area contributed by atoms with Gasteiger partial charge >= 0.3 is 0 Å². The normalized spacial score (nSPS) is 13.6. The maximum absolute atomic E-state index is 12.2. The maximum Gasteiger partial charge on any atom is 0.0532 e. The van der Waals surface area contributed by atoms with Gasteiger partial charge in [-0.3, -0.25) is 4.21 Å². The summed E-state index contributed by atoms with van der Waals surface area (Å²) in [5.41, 5.74) is 7.82. The molecule has 1 unspecified atom stereocenters. The van der Waals surface area contributed by atoms with E-state index in [4.69, 9.17) is 5.73 Å².